The molecule has 5 heteroatoms. The second-order valence-electron chi connectivity index (χ2n) is 8.23. The molecular formula is C30H26ClNO3. The second-order valence-corrected chi connectivity index (χ2v) is 8.67. The van der Waals surface area contributed by atoms with Gasteiger partial charge in [-0.15, -0.1) is 0 Å². The van der Waals surface area contributed by atoms with Gasteiger partial charge < -0.3 is 10.1 Å². The van der Waals surface area contributed by atoms with Gasteiger partial charge in [-0.3, -0.25) is 4.79 Å². The summed E-state index contributed by atoms with van der Waals surface area (Å²) >= 11 is 6.16. The molecule has 0 aliphatic rings. The van der Waals surface area contributed by atoms with E-state index in [4.69, 9.17) is 16.3 Å². The number of carbonyl (C=O) groups excluding carboxylic acids is 2. The Balaban J connectivity index is 1.85. The Morgan fingerprint density at radius 1 is 0.771 bits per heavy atom. The molecule has 176 valence electrons. The van der Waals surface area contributed by atoms with E-state index in [0.29, 0.717) is 5.02 Å². The van der Waals surface area contributed by atoms with Crippen LogP contribution in [-0.4, -0.2) is 25.0 Å². The molecule has 1 atom stereocenters. The van der Waals surface area contributed by atoms with Crippen LogP contribution in [0.4, 0.5) is 0 Å². The highest BCUT2D eigenvalue weighted by Crippen LogP contribution is 2.39. The van der Waals surface area contributed by atoms with Crippen molar-refractivity contribution in [2.24, 2.45) is 0 Å². The minimum absolute atomic E-state index is 0.243. The van der Waals surface area contributed by atoms with Gasteiger partial charge in [0.1, 0.15) is 11.5 Å². The van der Waals surface area contributed by atoms with Crippen molar-refractivity contribution >= 4 is 23.5 Å². The van der Waals surface area contributed by atoms with Crippen LogP contribution in [0.2, 0.25) is 5.02 Å². The van der Waals surface area contributed by atoms with E-state index < -0.39 is 17.4 Å². The zero-order chi connectivity index (χ0) is 24.7. The number of methoxy groups -OCH3 is 1. The lowest BCUT2D eigenvalue weighted by atomic mass is 9.68. The molecule has 0 aromatic heterocycles. The number of nitrogens with one attached hydrogen (secondary N) is 1. The maximum atomic E-state index is 14.4. The lowest BCUT2D eigenvalue weighted by molar-refractivity contribution is -0.145. The van der Waals surface area contributed by atoms with Gasteiger partial charge in [0.15, 0.2) is 0 Å². The molecule has 0 saturated heterocycles. The molecule has 0 fully saturated rings. The molecule has 4 aromatic rings. The largest absolute Gasteiger partial charge is 0.467 e. The van der Waals surface area contributed by atoms with Gasteiger partial charge in [0.2, 0.25) is 5.91 Å². The maximum Gasteiger partial charge on any atom is 0.328 e. The minimum Gasteiger partial charge on any atom is -0.467 e. The minimum atomic E-state index is -1.19. The predicted molar refractivity (Wildman–Crippen MR) is 138 cm³/mol. The van der Waals surface area contributed by atoms with Crippen LogP contribution in [0.5, 0.6) is 0 Å². The van der Waals surface area contributed by atoms with E-state index in [1.54, 1.807) is 12.1 Å². The highest BCUT2D eigenvalue weighted by atomic mass is 35.5. The number of hydrogen-bond donors (Lipinski definition) is 1. The molecule has 35 heavy (non-hydrogen) atoms. The molecule has 4 nitrogen and oxygen atoms in total. The Kier molecular flexibility index (Phi) is 7.64. The summed E-state index contributed by atoms with van der Waals surface area (Å²) in [4.78, 5) is 27.2. The number of amides is 1. The first-order chi connectivity index (χ1) is 17.1. The van der Waals surface area contributed by atoms with Gasteiger partial charge in [0.05, 0.1) is 7.11 Å². The number of ether oxygens (including phenoxy) is 1. The van der Waals surface area contributed by atoms with Crippen molar-refractivity contribution in [1.82, 2.24) is 5.32 Å². The normalized spacial score (nSPS) is 11.9. The van der Waals surface area contributed by atoms with Crippen molar-refractivity contribution in [3.63, 3.8) is 0 Å². The van der Waals surface area contributed by atoms with Gasteiger partial charge in [-0.1, -0.05) is 115 Å². The van der Waals surface area contributed by atoms with Crippen LogP contribution in [0.3, 0.4) is 0 Å². The van der Waals surface area contributed by atoms with Gasteiger partial charge in [-0.05, 0) is 34.4 Å². The van der Waals surface area contributed by atoms with Crippen LogP contribution < -0.4 is 5.32 Å². The van der Waals surface area contributed by atoms with Crippen molar-refractivity contribution in [2.75, 3.05) is 7.11 Å². The zero-order valence-electron chi connectivity index (χ0n) is 19.4. The topological polar surface area (TPSA) is 55.4 Å². The van der Waals surface area contributed by atoms with Gasteiger partial charge in [0.25, 0.3) is 0 Å². The second kappa shape index (κ2) is 11.0. The van der Waals surface area contributed by atoms with Gasteiger partial charge in [-0.25, -0.2) is 4.79 Å². The van der Waals surface area contributed by atoms with Crippen molar-refractivity contribution in [1.29, 1.82) is 0 Å². The smallest absolute Gasteiger partial charge is 0.328 e. The van der Waals surface area contributed by atoms with E-state index in [2.05, 4.69) is 5.32 Å². The SMILES string of the molecule is COC(=O)[C@@H](Cc1cccc(Cl)c1)NC(=O)C(c1ccccc1)(c1ccccc1)c1ccccc1. The van der Waals surface area contributed by atoms with Crippen molar-refractivity contribution in [3.05, 3.63) is 143 Å². The third-order valence-corrected chi connectivity index (χ3v) is 6.32. The zero-order valence-corrected chi connectivity index (χ0v) is 20.1. The van der Waals surface area contributed by atoms with Gasteiger partial charge >= 0.3 is 5.97 Å². The summed E-state index contributed by atoms with van der Waals surface area (Å²) in [6.45, 7) is 0. The summed E-state index contributed by atoms with van der Waals surface area (Å²) in [6.07, 6.45) is 0.243. The molecule has 4 aromatic carbocycles. The Morgan fingerprint density at radius 3 is 1.69 bits per heavy atom. The first-order valence-corrected chi connectivity index (χ1v) is 11.7. The molecule has 4 rings (SSSR count). The first kappa shape index (κ1) is 24.2. The van der Waals surface area contributed by atoms with E-state index in [1.807, 2.05) is 103 Å². The summed E-state index contributed by atoms with van der Waals surface area (Å²) < 4.78 is 5.06. The summed E-state index contributed by atoms with van der Waals surface area (Å²) in [5.74, 6) is -0.847. The number of benzene rings is 4. The third kappa shape index (κ3) is 5.13. The van der Waals surface area contributed by atoms with Crippen LogP contribution in [0.1, 0.15) is 22.3 Å². The molecule has 1 N–H and O–H groups in total. The Hall–Kier alpha value is -3.89. The maximum absolute atomic E-state index is 14.4. The predicted octanol–water partition coefficient (Wildman–Crippen LogP) is 5.57. The summed E-state index contributed by atoms with van der Waals surface area (Å²) in [5.41, 5.74) is 2.01. The molecular weight excluding hydrogens is 458 g/mol. The van der Waals surface area contributed by atoms with E-state index in [0.717, 1.165) is 22.3 Å². The molecule has 0 spiro atoms. The molecule has 0 heterocycles. The summed E-state index contributed by atoms with van der Waals surface area (Å²) in [7, 11) is 1.32. The number of hydrogen-bond acceptors (Lipinski definition) is 3. The molecule has 0 bridgehead atoms. The van der Waals surface area contributed by atoms with Gasteiger partial charge in [-0.2, -0.15) is 0 Å². The molecule has 1 amide bonds. The fourth-order valence-corrected chi connectivity index (χ4v) is 4.67. The van der Waals surface area contributed by atoms with Crippen LogP contribution in [-0.2, 0) is 26.2 Å². The summed E-state index contributed by atoms with van der Waals surface area (Å²) in [5, 5.41) is 3.58. The molecule has 0 radical (unpaired) electrons. The third-order valence-electron chi connectivity index (χ3n) is 6.08. The van der Waals surface area contributed by atoms with E-state index in [9.17, 15) is 9.59 Å². The summed E-state index contributed by atoms with van der Waals surface area (Å²) in [6, 6.07) is 35.1. The van der Waals surface area contributed by atoms with E-state index in [1.165, 1.54) is 7.11 Å². The molecule has 0 saturated carbocycles. The standard InChI is InChI=1S/C30H26ClNO3/c1-35-28(33)27(21-22-12-11-19-26(31)20-22)32-29(34)30(23-13-5-2-6-14-23,24-15-7-3-8-16-24)25-17-9-4-10-18-25/h2-20,27H,21H2,1H3,(H,32,34)/t27-/m1/s1. The van der Waals surface area contributed by atoms with Crippen LogP contribution >= 0.6 is 11.6 Å². The van der Waals surface area contributed by atoms with Crippen LogP contribution in [0, 0.1) is 0 Å². The Morgan fingerprint density at radius 2 is 1.26 bits per heavy atom. The average molecular weight is 484 g/mol. The molecule has 0 aliphatic carbocycles. The highest BCUT2D eigenvalue weighted by molar-refractivity contribution is 6.30. The van der Waals surface area contributed by atoms with E-state index >= 15 is 0 Å². The molecule has 0 unspecified atom stereocenters. The lowest BCUT2D eigenvalue weighted by Crippen LogP contribution is -2.52. The van der Waals surface area contributed by atoms with Crippen molar-refractivity contribution in [2.45, 2.75) is 17.9 Å². The Labute approximate surface area is 210 Å². The first-order valence-electron chi connectivity index (χ1n) is 11.4. The van der Waals surface area contributed by atoms with Crippen molar-refractivity contribution in [3.8, 4) is 0 Å². The Bertz CT molecular complexity index is 1180. The lowest BCUT2D eigenvalue weighted by Gasteiger charge is -2.35. The van der Waals surface area contributed by atoms with Crippen LogP contribution in [0.15, 0.2) is 115 Å². The van der Waals surface area contributed by atoms with Gasteiger partial charge in [0, 0.05) is 11.4 Å². The molecule has 0 aliphatic heterocycles. The average Bonchev–Trinajstić information content (AvgIpc) is 2.90. The van der Waals surface area contributed by atoms with Crippen LogP contribution in [0.25, 0.3) is 0 Å². The monoisotopic (exact) mass is 483 g/mol. The number of rotatable bonds is 8. The highest BCUT2D eigenvalue weighted by Gasteiger charge is 2.45. The fourth-order valence-electron chi connectivity index (χ4n) is 4.46. The fraction of sp³-hybridized carbons (Fsp3) is 0.133. The number of esters is 1. The van der Waals surface area contributed by atoms with E-state index in [-0.39, 0.29) is 12.3 Å². The number of carbonyl (C=O) groups is 2. The van der Waals surface area contributed by atoms with Crippen molar-refractivity contribution < 1.29 is 14.3 Å². The quantitative estimate of drug-likeness (QED) is 0.263. The number of halogens is 1.